The fourth-order valence-electron chi connectivity index (χ4n) is 6.77. The normalized spacial score (nSPS) is 11.7. The van der Waals surface area contributed by atoms with E-state index in [1.807, 2.05) is 13.0 Å². The van der Waals surface area contributed by atoms with Crippen LogP contribution in [-0.2, 0) is 0 Å². The van der Waals surface area contributed by atoms with E-state index in [1.165, 1.54) is 66.4 Å². The van der Waals surface area contributed by atoms with Gasteiger partial charge in [-0.2, -0.15) is 0 Å². The standard InChI is InChI=1S/C49H41N/c1-6-12-37-23-25-42(29-36(37)7-2)39-19-21-40(22-20-39)44-18-17-33(3)47(31-44)48-32-45(43-26-24-38-14-9-10-15-41(38)30-43)27-28-46(48)35(5)50-49-16-11-8-13-34(49)4/h6-32H,2H2,1,3-5H3/b12-6-,50-35?. The van der Waals surface area contributed by atoms with Crippen LogP contribution >= 0.6 is 0 Å². The predicted octanol–water partition coefficient (Wildman–Crippen LogP) is 13.9. The van der Waals surface area contributed by atoms with Gasteiger partial charge < -0.3 is 0 Å². The van der Waals surface area contributed by atoms with E-state index in [-0.39, 0.29) is 0 Å². The second-order valence-corrected chi connectivity index (χ2v) is 13.0. The Morgan fingerprint density at radius 3 is 1.84 bits per heavy atom. The molecule has 1 nitrogen and oxygen atoms in total. The van der Waals surface area contributed by atoms with Crippen LogP contribution in [0.2, 0.25) is 0 Å². The lowest BCUT2D eigenvalue weighted by Gasteiger charge is -2.17. The van der Waals surface area contributed by atoms with E-state index < -0.39 is 0 Å². The van der Waals surface area contributed by atoms with Crippen LogP contribution < -0.4 is 0 Å². The van der Waals surface area contributed by atoms with Gasteiger partial charge in [-0.15, -0.1) is 0 Å². The third-order valence-corrected chi connectivity index (χ3v) is 9.63. The highest BCUT2D eigenvalue weighted by molar-refractivity contribution is 6.07. The first kappa shape index (κ1) is 32.5. The average Bonchev–Trinajstić information content (AvgIpc) is 3.16. The molecule has 50 heavy (non-hydrogen) atoms. The van der Waals surface area contributed by atoms with Crippen LogP contribution in [-0.4, -0.2) is 5.71 Å². The molecule has 0 atom stereocenters. The number of rotatable bonds is 8. The highest BCUT2D eigenvalue weighted by Gasteiger charge is 2.15. The molecule has 0 amide bonds. The smallest absolute Gasteiger partial charge is 0.0662 e. The largest absolute Gasteiger partial charge is 0.253 e. The summed E-state index contributed by atoms with van der Waals surface area (Å²) in [6.45, 7) is 12.5. The quantitative estimate of drug-likeness (QED) is 0.146. The van der Waals surface area contributed by atoms with Gasteiger partial charge in [-0.05, 0) is 136 Å². The fraction of sp³-hybridized carbons (Fsp3) is 0.0816. The molecule has 0 aliphatic carbocycles. The molecule has 0 aliphatic rings. The first-order valence-electron chi connectivity index (χ1n) is 17.3. The van der Waals surface area contributed by atoms with Gasteiger partial charge >= 0.3 is 0 Å². The van der Waals surface area contributed by atoms with Crippen LogP contribution in [0.1, 0.15) is 41.7 Å². The molecule has 7 aromatic rings. The van der Waals surface area contributed by atoms with Crippen molar-refractivity contribution in [2.45, 2.75) is 27.7 Å². The lowest BCUT2D eigenvalue weighted by Crippen LogP contribution is -2.00. The first-order chi connectivity index (χ1) is 24.4. The van der Waals surface area contributed by atoms with Gasteiger partial charge in [0.15, 0.2) is 0 Å². The molecule has 1 heteroatoms. The second kappa shape index (κ2) is 14.2. The van der Waals surface area contributed by atoms with E-state index in [2.05, 4.69) is 185 Å². The molecule has 0 N–H and O–H groups in total. The topological polar surface area (TPSA) is 12.4 Å². The van der Waals surface area contributed by atoms with Crippen LogP contribution in [0.25, 0.3) is 67.4 Å². The van der Waals surface area contributed by atoms with Crippen molar-refractivity contribution >= 4 is 34.3 Å². The first-order valence-corrected chi connectivity index (χ1v) is 17.3. The van der Waals surface area contributed by atoms with Gasteiger partial charge in [0.2, 0.25) is 0 Å². The molecule has 0 aliphatic heterocycles. The third-order valence-electron chi connectivity index (χ3n) is 9.63. The van der Waals surface area contributed by atoms with Gasteiger partial charge in [0, 0.05) is 11.3 Å². The summed E-state index contributed by atoms with van der Waals surface area (Å²) in [5, 5.41) is 2.49. The Balaban J connectivity index is 1.32. The predicted molar refractivity (Wildman–Crippen MR) is 218 cm³/mol. The lowest BCUT2D eigenvalue weighted by molar-refractivity contribution is 1.38. The molecule has 0 bridgehead atoms. The second-order valence-electron chi connectivity index (χ2n) is 13.0. The van der Waals surface area contributed by atoms with Gasteiger partial charge in [0.1, 0.15) is 0 Å². The van der Waals surface area contributed by atoms with Crippen molar-refractivity contribution in [1.82, 2.24) is 0 Å². The number of aliphatic imine (C=N–C) groups is 1. The Morgan fingerprint density at radius 1 is 0.520 bits per heavy atom. The van der Waals surface area contributed by atoms with Crippen LogP contribution in [0.5, 0.6) is 0 Å². The van der Waals surface area contributed by atoms with E-state index in [9.17, 15) is 0 Å². The summed E-state index contributed by atoms with van der Waals surface area (Å²) < 4.78 is 0. The number of nitrogens with zero attached hydrogens (tertiary/aromatic N) is 1. The summed E-state index contributed by atoms with van der Waals surface area (Å²) in [7, 11) is 0. The Kier molecular flexibility index (Phi) is 9.23. The maximum atomic E-state index is 5.14. The molecule has 0 unspecified atom stereocenters. The number of benzene rings is 7. The van der Waals surface area contributed by atoms with Crippen molar-refractivity contribution in [2.24, 2.45) is 4.99 Å². The van der Waals surface area contributed by atoms with Crippen LogP contribution in [0, 0.1) is 13.8 Å². The molecule has 7 aromatic carbocycles. The molecular weight excluding hydrogens is 603 g/mol. The molecule has 242 valence electrons. The van der Waals surface area contributed by atoms with Crippen LogP contribution in [0.15, 0.2) is 163 Å². The zero-order valence-electron chi connectivity index (χ0n) is 29.2. The number of fused-ring (bicyclic) bond motifs is 1. The Morgan fingerprint density at radius 2 is 1.10 bits per heavy atom. The van der Waals surface area contributed by atoms with Crippen molar-refractivity contribution in [3.05, 3.63) is 186 Å². The molecule has 0 saturated heterocycles. The monoisotopic (exact) mass is 643 g/mol. The maximum Gasteiger partial charge on any atom is 0.0662 e. The van der Waals surface area contributed by atoms with Gasteiger partial charge in [0.25, 0.3) is 0 Å². The van der Waals surface area contributed by atoms with Crippen molar-refractivity contribution in [3.63, 3.8) is 0 Å². The minimum absolute atomic E-state index is 0.993. The summed E-state index contributed by atoms with van der Waals surface area (Å²) in [6.07, 6.45) is 6.11. The number of para-hydroxylation sites is 1. The van der Waals surface area contributed by atoms with Crippen molar-refractivity contribution in [1.29, 1.82) is 0 Å². The number of aryl methyl sites for hydroxylation is 2. The average molecular weight is 644 g/mol. The van der Waals surface area contributed by atoms with Gasteiger partial charge in [-0.25, -0.2) is 0 Å². The molecule has 0 aromatic heterocycles. The van der Waals surface area contributed by atoms with Gasteiger partial charge in [-0.1, -0.05) is 140 Å². The van der Waals surface area contributed by atoms with Crippen LogP contribution in [0.3, 0.4) is 0 Å². The summed E-state index contributed by atoms with van der Waals surface area (Å²) in [5.41, 5.74) is 17.3. The summed E-state index contributed by atoms with van der Waals surface area (Å²) in [6, 6.07) is 52.7. The summed E-state index contributed by atoms with van der Waals surface area (Å²) in [5.74, 6) is 0. The number of hydrogen-bond acceptors (Lipinski definition) is 1. The maximum absolute atomic E-state index is 5.14. The Bertz CT molecular complexity index is 2420. The third kappa shape index (κ3) is 6.64. The van der Waals surface area contributed by atoms with Crippen LogP contribution in [0.4, 0.5) is 5.69 Å². The zero-order chi connectivity index (χ0) is 34.6. The summed E-state index contributed by atoms with van der Waals surface area (Å²) in [4.78, 5) is 5.14. The molecule has 0 radical (unpaired) electrons. The number of allylic oxidation sites excluding steroid dienone is 1. The highest BCUT2D eigenvalue weighted by atomic mass is 14.7. The molecule has 7 rings (SSSR count). The van der Waals surface area contributed by atoms with Gasteiger partial charge in [0.05, 0.1) is 5.69 Å². The van der Waals surface area contributed by atoms with Crippen molar-refractivity contribution in [3.8, 4) is 44.5 Å². The minimum atomic E-state index is 0.993. The van der Waals surface area contributed by atoms with E-state index in [0.29, 0.717) is 0 Å². The molecule has 0 heterocycles. The number of hydrogen-bond donors (Lipinski definition) is 0. The Labute approximate surface area is 296 Å². The Hall–Kier alpha value is -6.05. The molecule has 0 saturated carbocycles. The SMILES string of the molecule is C=Cc1cc(-c2ccc(-c3ccc(C)c(-c4cc(-c5ccc6ccccc6c5)ccc4C(C)=Nc4ccccc4C)c3)cc2)ccc1/C=C\C. The fourth-order valence-corrected chi connectivity index (χ4v) is 6.77. The molecule has 0 fully saturated rings. The van der Waals surface area contributed by atoms with E-state index >= 15 is 0 Å². The van der Waals surface area contributed by atoms with Crippen molar-refractivity contribution < 1.29 is 0 Å². The highest BCUT2D eigenvalue weighted by Crippen LogP contribution is 2.37. The summed E-state index contributed by atoms with van der Waals surface area (Å²) >= 11 is 0. The molecular formula is C49H41N. The minimum Gasteiger partial charge on any atom is -0.253 e. The van der Waals surface area contributed by atoms with E-state index in [4.69, 9.17) is 4.99 Å². The van der Waals surface area contributed by atoms with Gasteiger partial charge in [-0.3, -0.25) is 4.99 Å². The zero-order valence-corrected chi connectivity index (χ0v) is 29.2. The van der Waals surface area contributed by atoms with E-state index in [0.717, 1.165) is 28.1 Å². The van der Waals surface area contributed by atoms with E-state index in [1.54, 1.807) is 0 Å². The lowest BCUT2D eigenvalue weighted by atomic mass is 9.88. The van der Waals surface area contributed by atoms with Crippen molar-refractivity contribution in [2.75, 3.05) is 0 Å². The molecule has 0 spiro atoms.